The third-order valence-electron chi connectivity index (χ3n) is 4.88. The quantitative estimate of drug-likeness (QED) is 0.754. The molecule has 1 fully saturated rings. The van der Waals surface area contributed by atoms with Crippen LogP contribution >= 0.6 is 0 Å². The van der Waals surface area contributed by atoms with Crippen molar-refractivity contribution in [2.45, 2.75) is 24.4 Å². The first kappa shape index (κ1) is 19.9. The fraction of sp³-hybridized carbons (Fsp3) is 0.350. The second-order valence-corrected chi connectivity index (χ2v) is 6.74. The van der Waals surface area contributed by atoms with Gasteiger partial charge in [-0.15, -0.1) is 0 Å². The molecule has 2 amide bonds. The van der Waals surface area contributed by atoms with E-state index in [-0.39, 0.29) is 11.1 Å². The maximum absolute atomic E-state index is 12.8. The Balaban J connectivity index is 1.63. The van der Waals surface area contributed by atoms with Crippen LogP contribution in [0.3, 0.4) is 0 Å². The Morgan fingerprint density at radius 1 is 1.07 bits per heavy atom. The Kier molecular flexibility index (Phi) is 5.40. The number of anilines is 1. The van der Waals surface area contributed by atoms with E-state index in [0.29, 0.717) is 18.0 Å². The number of rotatable bonds is 6. The number of nitrogens with one attached hydrogen (secondary N) is 2. The van der Waals surface area contributed by atoms with Crippen LogP contribution in [0.5, 0.6) is 11.5 Å². The first-order valence-electron chi connectivity index (χ1n) is 8.72. The van der Waals surface area contributed by atoms with Crippen molar-refractivity contribution in [1.82, 2.24) is 5.32 Å². The van der Waals surface area contributed by atoms with Crippen LogP contribution in [-0.2, 0) is 11.6 Å². The van der Waals surface area contributed by atoms with Crippen molar-refractivity contribution in [2.75, 3.05) is 26.1 Å². The van der Waals surface area contributed by atoms with E-state index in [4.69, 9.17) is 9.47 Å². The van der Waals surface area contributed by atoms with E-state index >= 15 is 0 Å². The van der Waals surface area contributed by atoms with Crippen LogP contribution in [0.25, 0.3) is 0 Å². The van der Waals surface area contributed by atoms with Crippen molar-refractivity contribution in [2.24, 2.45) is 0 Å². The van der Waals surface area contributed by atoms with Gasteiger partial charge in [-0.05, 0) is 48.7 Å². The molecule has 0 aromatic heterocycles. The molecule has 0 heterocycles. The highest BCUT2D eigenvalue weighted by molar-refractivity contribution is 5.89. The molecule has 2 N–H and O–H groups in total. The van der Waals surface area contributed by atoms with E-state index in [9.17, 15) is 18.0 Å². The maximum atomic E-state index is 12.8. The minimum atomic E-state index is -4.46. The standard InChI is InChI=1S/C20H21F3N2O3/c1-27-16-7-6-13(11-17(16)28-2)19(8-9-19)12-24-18(26)25-15-5-3-4-14(10-15)20(21,22)23/h3-7,10-11H,8-9,12H2,1-2H3,(H2,24,25,26). The first-order chi connectivity index (χ1) is 13.3. The Hall–Kier alpha value is -2.90. The lowest BCUT2D eigenvalue weighted by Crippen LogP contribution is -2.35. The number of carbonyl (C=O) groups excluding carboxylic acids is 1. The largest absolute Gasteiger partial charge is 0.493 e. The summed E-state index contributed by atoms with van der Waals surface area (Å²) in [5, 5.41) is 5.21. The topological polar surface area (TPSA) is 59.6 Å². The summed E-state index contributed by atoms with van der Waals surface area (Å²) >= 11 is 0. The van der Waals surface area contributed by atoms with Gasteiger partial charge in [0.25, 0.3) is 0 Å². The molecule has 150 valence electrons. The molecule has 1 saturated carbocycles. The lowest BCUT2D eigenvalue weighted by atomic mass is 9.95. The van der Waals surface area contributed by atoms with Gasteiger partial charge in [-0.1, -0.05) is 12.1 Å². The van der Waals surface area contributed by atoms with Crippen LogP contribution in [0, 0.1) is 0 Å². The molecule has 0 radical (unpaired) electrons. The molecule has 1 aliphatic carbocycles. The zero-order valence-corrected chi connectivity index (χ0v) is 15.5. The van der Waals surface area contributed by atoms with Crippen molar-refractivity contribution in [3.05, 3.63) is 53.6 Å². The summed E-state index contributed by atoms with van der Waals surface area (Å²) in [5.41, 5.74) is 0.0899. The number of hydrogen-bond acceptors (Lipinski definition) is 3. The van der Waals surface area contributed by atoms with E-state index < -0.39 is 17.8 Å². The smallest absolute Gasteiger partial charge is 0.416 e. The van der Waals surface area contributed by atoms with Gasteiger partial charge in [0.2, 0.25) is 0 Å². The summed E-state index contributed by atoms with van der Waals surface area (Å²) in [5.74, 6) is 1.23. The number of ether oxygens (including phenoxy) is 2. The van der Waals surface area contributed by atoms with Crippen LogP contribution in [-0.4, -0.2) is 26.8 Å². The number of methoxy groups -OCH3 is 2. The average Bonchev–Trinajstić information content (AvgIpc) is 3.46. The SMILES string of the molecule is COc1ccc(C2(CNC(=O)Nc3cccc(C(F)(F)F)c3)CC2)cc1OC. The molecule has 2 aromatic carbocycles. The van der Waals surface area contributed by atoms with Crippen LogP contribution in [0.1, 0.15) is 24.0 Å². The zero-order valence-electron chi connectivity index (χ0n) is 15.5. The molecule has 2 aromatic rings. The molecule has 0 saturated heterocycles. The summed E-state index contributed by atoms with van der Waals surface area (Å²) in [6.07, 6.45) is -2.67. The molecular weight excluding hydrogens is 373 g/mol. The normalized spacial score (nSPS) is 14.9. The zero-order chi connectivity index (χ0) is 20.4. The lowest BCUT2D eigenvalue weighted by Gasteiger charge is -2.19. The first-order valence-corrected chi connectivity index (χ1v) is 8.72. The second kappa shape index (κ2) is 7.61. The summed E-state index contributed by atoms with van der Waals surface area (Å²) in [4.78, 5) is 12.2. The van der Waals surface area contributed by atoms with Crippen LogP contribution in [0.4, 0.5) is 23.7 Å². The number of alkyl halides is 3. The van der Waals surface area contributed by atoms with Gasteiger partial charge >= 0.3 is 12.2 Å². The number of carbonyl (C=O) groups is 1. The number of halogens is 3. The summed E-state index contributed by atoms with van der Waals surface area (Å²) in [6, 6.07) is 9.61. The maximum Gasteiger partial charge on any atom is 0.416 e. The molecule has 0 aliphatic heterocycles. The van der Waals surface area contributed by atoms with Gasteiger partial charge in [0, 0.05) is 17.6 Å². The molecular formula is C20H21F3N2O3. The highest BCUT2D eigenvalue weighted by Crippen LogP contribution is 2.49. The fourth-order valence-electron chi connectivity index (χ4n) is 3.08. The predicted octanol–water partition coefficient (Wildman–Crippen LogP) is 4.58. The Bertz CT molecular complexity index is 864. The molecule has 3 rings (SSSR count). The fourth-order valence-corrected chi connectivity index (χ4v) is 3.08. The molecule has 0 bridgehead atoms. The molecule has 1 aliphatic rings. The Morgan fingerprint density at radius 3 is 2.39 bits per heavy atom. The summed E-state index contributed by atoms with van der Waals surface area (Å²) in [6.45, 7) is 0.368. The van der Waals surface area contributed by atoms with E-state index in [1.807, 2.05) is 18.2 Å². The molecule has 0 atom stereocenters. The lowest BCUT2D eigenvalue weighted by molar-refractivity contribution is -0.137. The number of urea groups is 1. The van der Waals surface area contributed by atoms with Crippen molar-refractivity contribution >= 4 is 11.7 Å². The molecule has 5 nitrogen and oxygen atoms in total. The molecule has 0 unspecified atom stereocenters. The van der Waals surface area contributed by atoms with Gasteiger partial charge in [-0.3, -0.25) is 0 Å². The van der Waals surface area contributed by atoms with Crippen molar-refractivity contribution in [3.63, 3.8) is 0 Å². The van der Waals surface area contributed by atoms with Gasteiger partial charge in [-0.2, -0.15) is 13.2 Å². The number of benzene rings is 2. The van der Waals surface area contributed by atoms with Crippen LogP contribution in [0.2, 0.25) is 0 Å². The van der Waals surface area contributed by atoms with Crippen LogP contribution < -0.4 is 20.1 Å². The van der Waals surface area contributed by atoms with Gasteiger partial charge in [0.1, 0.15) is 0 Å². The van der Waals surface area contributed by atoms with E-state index in [0.717, 1.165) is 30.5 Å². The van der Waals surface area contributed by atoms with Crippen LogP contribution in [0.15, 0.2) is 42.5 Å². The summed E-state index contributed by atoms with van der Waals surface area (Å²) in [7, 11) is 3.12. The molecule has 28 heavy (non-hydrogen) atoms. The predicted molar refractivity (Wildman–Crippen MR) is 98.9 cm³/mol. The van der Waals surface area contributed by atoms with Crippen molar-refractivity contribution in [3.8, 4) is 11.5 Å². The Labute approximate surface area is 160 Å². The van der Waals surface area contributed by atoms with Gasteiger partial charge in [-0.25, -0.2) is 4.79 Å². The average molecular weight is 394 g/mol. The second-order valence-electron chi connectivity index (χ2n) is 6.74. The van der Waals surface area contributed by atoms with Gasteiger partial charge in [0.15, 0.2) is 11.5 Å². The van der Waals surface area contributed by atoms with Gasteiger partial charge < -0.3 is 20.1 Å². The minimum absolute atomic E-state index is 0.0864. The monoisotopic (exact) mass is 394 g/mol. The van der Waals surface area contributed by atoms with E-state index in [1.54, 1.807) is 14.2 Å². The molecule has 8 heteroatoms. The summed E-state index contributed by atoms with van der Waals surface area (Å²) < 4.78 is 48.9. The number of amides is 2. The van der Waals surface area contributed by atoms with E-state index in [2.05, 4.69) is 10.6 Å². The third-order valence-corrected chi connectivity index (χ3v) is 4.88. The van der Waals surface area contributed by atoms with E-state index in [1.165, 1.54) is 12.1 Å². The Morgan fingerprint density at radius 2 is 1.79 bits per heavy atom. The highest BCUT2D eigenvalue weighted by atomic mass is 19.4. The van der Waals surface area contributed by atoms with Crippen molar-refractivity contribution in [1.29, 1.82) is 0 Å². The molecule has 0 spiro atoms. The minimum Gasteiger partial charge on any atom is -0.493 e. The third kappa shape index (κ3) is 4.32. The van der Waals surface area contributed by atoms with Gasteiger partial charge in [0.05, 0.1) is 19.8 Å². The highest BCUT2D eigenvalue weighted by Gasteiger charge is 2.44. The number of hydrogen-bond donors (Lipinski definition) is 2. The van der Waals surface area contributed by atoms with Crippen molar-refractivity contribution < 1.29 is 27.4 Å².